The second-order valence-corrected chi connectivity index (χ2v) is 9.73. The smallest absolute Gasteiger partial charge is 0.238 e. The zero-order valence-corrected chi connectivity index (χ0v) is 19.1. The van der Waals surface area contributed by atoms with Gasteiger partial charge in [0.1, 0.15) is 23.1 Å². The minimum absolute atomic E-state index is 0.155. The normalized spacial score (nSPS) is 14.2. The molecule has 4 rings (SSSR count). The maximum absolute atomic E-state index is 12.9. The first-order valence-electron chi connectivity index (χ1n) is 10.2. The van der Waals surface area contributed by atoms with Crippen LogP contribution < -0.4 is 10.1 Å². The monoisotopic (exact) mass is 453 g/mol. The van der Waals surface area contributed by atoms with Gasteiger partial charge in [0.15, 0.2) is 5.16 Å². The van der Waals surface area contributed by atoms with E-state index in [4.69, 9.17) is 4.74 Å². The Hall–Kier alpha value is -2.83. The van der Waals surface area contributed by atoms with Crippen molar-refractivity contribution in [3.8, 4) is 17.5 Å². The third kappa shape index (κ3) is 4.60. The number of amides is 1. The van der Waals surface area contributed by atoms with E-state index < -0.39 is 5.25 Å². The predicted octanol–water partition coefficient (Wildman–Crippen LogP) is 4.60. The zero-order valence-electron chi connectivity index (χ0n) is 17.4. The van der Waals surface area contributed by atoms with Crippen molar-refractivity contribution in [3.05, 3.63) is 46.6 Å². The van der Waals surface area contributed by atoms with Gasteiger partial charge in [-0.1, -0.05) is 24.2 Å². The lowest BCUT2D eigenvalue weighted by Gasteiger charge is -2.12. The van der Waals surface area contributed by atoms with E-state index in [9.17, 15) is 10.1 Å². The number of fused-ring (bicyclic) bond motifs is 1. The molecule has 1 aliphatic rings. The van der Waals surface area contributed by atoms with E-state index in [2.05, 4.69) is 21.6 Å². The number of carbonyl (C=O) groups is 1. The Kier molecular flexibility index (Phi) is 6.59. The van der Waals surface area contributed by atoms with Crippen LogP contribution in [0.5, 0.6) is 5.75 Å². The molecule has 0 unspecified atom stereocenters. The van der Waals surface area contributed by atoms with Gasteiger partial charge in [0, 0.05) is 10.9 Å². The number of nitrogens with one attached hydrogen (secondary N) is 1. The van der Waals surface area contributed by atoms with Crippen molar-refractivity contribution >= 4 is 34.0 Å². The molecule has 1 amide bonds. The average Bonchev–Trinajstić information content (AvgIpc) is 3.30. The highest BCUT2D eigenvalue weighted by atomic mass is 32.2. The summed E-state index contributed by atoms with van der Waals surface area (Å²) < 4.78 is 7.12. The van der Waals surface area contributed by atoms with E-state index in [1.54, 1.807) is 24.8 Å². The third-order valence-electron chi connectivity index (χ3n) is 5.27. The van der Waals surface area contributed by atoms with Gasteiger partial charge in [-0.15, -0.1) is 21.5 Å². The number of aryl methyl sites for hydroxylation is 1. The van der Waals surface area contributed by atoms with Crippen molar-refractivity contribution in [2.75, 3.05) is 12.4 Å². The number of rotatable bonds is 6. The first-order chi connectivity index (χ1) is 15.1. The lowest BCUT2D eigenvalue weighted by molar-refractivity contribution is -0.115. The molecule has 0 fully saturated rings. The maximum Gasteiger partial charge on any atom is 0.238 e. The number of hydrogen-bond acceptors (Lipinski definition) is 7. The Morgan fingerprint density at radius 1 is 1.35 bits per heavy atom. The quantitative estimate of drug-likeness (QED) is 0.433. The molecular weight excluding hydrogens is 430 g/mol. The molecule has 1 N–H and O–H groups in total. The summed E-state index contributed by atoms with van der Waals surface area (Å²) in [5, 5.41) is 21.7. The number of methoxy groups -OCH3 is 1. The Labute approximate surface area is 189 Å². The molecule has 2 aromatic heterocycles. The highest BCUT2D eigenvalue weighted by molar-refractivity contribution is 8.00. The Balaban J connectivity index is 1.50. The number of anilines is 1. The fourth-order valence-corrected chi connectivity index (χ4v) is 5.70. The number of aromatic nitrogens is 3. The van der Waals surface area contributed by atoms with E-state index in [1.807, 2.05) is 35.8 Å². The van der Waals surface area contributed by atoms with Gasteiger partial charge in [0.05, 0.1) is 23.6 Å². The molecule has 31 heavy (non-hydrogen) atoms. The lowest BCUT2D eigenvalue weighted by atomic mass is 10.1. The maximum atomic E-state index is 12.9. The van der Waals surface area contributed by atoms with Crippen LogP contribution in [0.4, 0.5) is 5.00 Å². The zero-order chi connectivity index (χ0) is 21.8. The molecule has 0 spiro atoms. The van der Waals surface area contributed by atoms with E-state index in [-0.39, 0.29) is 5.91 Å². The summed E-state index contributed by atoms with van der Waals surface area (Å²) in [6, 6.07) is 9.89. The van der Waals surface area contributed by atoms with E-state index in [1.165, 1.54) is 23.1 Å². The minimum Gasteiger partial charge on any atom is -0.497 e. The fraction of sp³-hybridized carbons (Fsp3) is 0.364. The van der Waals surface area contributed by atoms with Crippen LogP contribution in [-0.2, 0) is 17.6 Å². The molecular formula is C22H23N5O2S2. The summed E-state index contributed by atoms with van der Waals surface area (Å²) in [4.78, 5) is 14.2. The summed E-state index contributed by atoms with van der Waals surface area (Å²) in [6.45, 7) is 1.83. The molecule has 160 valence electrons. The van der Waals surface area contributed by atoms with Gasteiger partial charge in [0.2, 0.25) is 5.91 Å². The standard InChI is InChI=1S/C22H23N5O2S2/c1-14(30-22-26-24-13-27(22)15-7-6-8-16(11-15)29-2)20(28)25-21-18(12-23)17-9-4-3-5-10-19(17)31-21/h6-8,11,13-14H,3-5,9-10H2,1-2H3,(H,25,28)/t14-/m1/s1. The topological polar surface area (TPSA) is 92.8 Å². The van der Waals surface area contributed by atoms with Crippen LogP contribution in [0.2, 0.25) is 0 Å². The molecule has 0 saturated carbocycles. The molecule has 0 radical (unpaired) electrons. The van der Waals surface area contributed by atoms with E-state index >= 15 is 0 Å². The number of carbonyl (C=O) groups excluding carboxylic acids is 1. The molecule has 0 aliphatic heterocycles. The van der Waals surface area contributed by atoms with Gasteiger partial charge in [-0.3, -0.25) is 9.36 Å². The van der Waals surface area contributed by atoms with Gasteiger partial charge >= 0.3 is 0 Å². The largest absolute Gasteiger partial charge is 0.497 e. The predicted molar refractivity (Wildman–Crippen MR) is 122 cm³/mol. The SMILES string of the molecule is COc1cccc(-n2cnnc2S[C@H](C)C(=O)Nc2sc3c(c2C#N)CCCCC3)c1. The summed E-state index contributed by atoms with van der Waals surface area (Å²) in [7, 11) is 1.62. The fourth-order valence-electron chi connectivity index (χ4n) is 3.62. The van der Waals surface area contributed by atoms with Crippen LogP contribution in [0.25, 0.3) is 5.69 Å². The van der Waals surface area contributed by atoms with Crippen LogP contribution >= 0.6 is 23.1 Å². The Morgan fingerprint density at radius 3 is 3.00 bits per heavy atom. The summed E-state index contributed by atoms with van der Waals surface area (Å²) in [5.74, 6) is 0.576. The van der Waals surface area contributed by atoms with Crippen molar-refractivity contribution in [1.82, 2.24) is 14.8 Å². The van der Waals surface area contributed by atoms with Crippen LogP contribution in [-0.4, -0.2) is 33.0 Å². The number of thioether (sulfide) groups is 1. The number of ether oxygens (including phenoxy) is 1. The molecule has 0 bridgehead atoms. The van der Waals surface area contributed by atoms with E-state index in [0.29, 0.717) is 15.7 Å². The molecule has 9 heteroatoms. The third-order valence-corrected chi connectivity index (χ3v) is 7.53. The van der Waals surface area contributed by atoms with Gasteiger partial charge in [-0.25, -0.2) is 0 Å². The number of hydrogen-bond donors (Lipinski definition) is 1. The highest BCUT2D eigenvalue weighted by Gasteiger charge is 2.24. The Morgan fingerprint density at radius 2 is 2.19 bits per heavy atom. The summed E-state index contributed by atoms with van der Waals surface area (Å²) in [5.41, 5.74) is 2.61. The molecule has 3 aromatic rings. The van der Waals surface area contributed by atoms with Crippen molar-refractivity contribution in [2.45, 2.75) is 49.4 Å². The molecule has 7 nitrogen and oxygen atoms in total. The second-order valence-electron chi connectivity index (χ2n) is 7.31. The Bertz CT molecular complexity index is 1130. The van der Waals surface area contributed by atoms with Gasteiger partial charge in [-0.2, -0.15) is 5.26 Å². The molecule has 1 aliphatic carbocycles. The average molecular weight is 454 g/mol. The molecule has 0 saturated heterocycles. The number of nitrogens with zero attached hydrogens (tertiary/aromatic N) is 4. The molecule has 1 atom stereocenters. The van der Waals surface area contributed by atoms with Gasteiger partial charge in [-0.05, 0) is 50.3 Å². The van der Waals surface area contributed by atoms with E-state index in [0.717, 1.165) is 42.7 Å². The van der Waals surface area contributed by atoms with Crippen molar-refractivity contribution in [2.24, 2.45) is 0 Å². The number of benzene rings is 1. The second kappa shape index (κ2) is 9.54. The number of nitriles is 1. The summed E-state index contributed by atoms with van der Waals surface area (Å²) in [6.07, 6.45) is 6.94. The van der Waals surface area contributed by atoms with Crippen molar-refractivity contribution in [1.29, 1.82) is 5.26 Å². The van der Waals surface area contributed by atoms with Gasteiger partial charge in [0.25, 0.3) is 0 Å². The van der Waals surface area contributed by atoms with Crippen LogP contribution in [0.3, 0.4) is 0 Å². The first-order valence-corrected chi connectivity index (χ1v) is 11.9. The van der Waals surface area contributed by atoms with Gasteiger partial charge < -0.3 is 10.1 Å². The van der Waals surface area contributed by atoms with Crippen LogP contribution in [0, 0.1) is 11.3 Å². The van der Waals surface area contributed by atoms with Crippen molar-refractivity contribution in [3.63, 3.8) is 0 Å². The molecule has 1 aromatic carbocycles. The minimum atomic E-state index is -0.415. The number of thiophene rings is 1. The van der Waals surface area contributed by atoms with Crippen molar-refractivity contribution < 1.29 is 9.53 Å². The summed E-state index contributed by atoms with van der Waals surface area (Å²) >= 11 is 2.87. The lowest BCUT2D eigenvalue weighted by Crippen LogP contribution is -2.22. The highest BCUT2D eigenvalue weighted by Crippen LogP contribution is 2.37. The van der Waals surface area contributed by atoms with Crippen LogP contribution in [0.1, 0.15) is 42.2 Å². The molecule has 2 heterocycles. The van der Waals surface area contributed by atoms with Crippen LogP contribution in [0.15, 0.2) is 35.7 Å². The first kappa shape index (κ1) is 21.4.